The lowest BCUT2D eigenvalue weighted by atomic mass is 9.84. The zero-order valence-electron chi connectivity index (χ0n) is 11.7. The fraction of sp³-hybridized carbons (Fsp3) is 0.846. The molecule has 6 nitrogen and oxygen atoms in total. The van der Waals surface area contributed by atoms with Crippen LogP contribution in [0.15, 0.2) is 4.52 Å². The van der Waals surface area contributed by atoms with E-state index in [9.17, 15) is 0 Å². The van der Waals surface area contributed by atoms with E-state index >= 15 is 0 Å². The first-order valence-corrected chi connectivity index (χ1v) is 6.83. The van der Waals surface area contributed by atoms with Gasteiger partial charge in [-0.05, 0) is 12.8 Å². The van der Waals surface area contributed by atoms with Crippen LogP contribution in [0.1, 0.15) is 43.8 Å². The van der Waals surface area contributed by atoms with E-state index in [4.69, 9.17) is 19.7 Å². The van der Waals surface area contributed by atoms with Gasteiger partial charge >= 0.3 is 0 Å². The van der Waals surface area contributed by atoms with Gasteiger partial charge in [0.25, 0.3) is 0 Å². The summed E-state index contributed by atoms with van der Waals surface area (Å²) < 4.78 is 16.0. The molecule has 1 aromatic rings. The van der Waals surface area contributed by atoms with Gasteiger partial charge in [0.2, 0.25) is 11.7 Å². The van der Waals surface area contributed by atoms with Crippen LogP contribution in [0.5, 0.6) is 0 Å². The topological polar surface area (TPSA) is 83.4 Å². The minimum Gasteiger partial charge on any atom is -0.383 e. The Morgan fingerprint density at radius 2 is 2.05 bits per heavy atom. The maximum absolute atomic E-state index is 5.89. The van der Waals surface area contributed by atoms with Crippen LogP contribution in [-0.2, 0) is 21.5 Å². The Bertz CT molecular complexity index is 388. The minimum absolute atomic E-state index is 0.122. The van der Waals surface area contributed by atoms with Gasteiger partial charge in [-0.3, -0.25) is 0 Å². The highest BCUT2D eigenvalue weighted by molar-refractivity contribution is 5.03. The number of methoxy groups -OCH3 is 2. The molecule has 1 unspecified atom stereocenters. The predicted octanol–water partition coefficient (Wildman–Crippen LogP) is 1.39. The highest BCUT2D eigenvalue weighted by atomic mass is 16.5. The summed E-state index contributed by atoms with van der Waals surface area (Å²) in [7, 11) is 3.35. The van der Waals surface area contributed by atoms with E-state index in [1.165, 1.54) is 6.42 Å². The van der Waals surface area contributed by atoms with Crippen LogP contribution in [0.3, 0.4) is 0 Å². The van der Waals surface area contributed by atoms with Crippen molar-refractivity contribution >= 4 is 0 Å². The number of rotatable bonds is 6. The van der Waals surface area contributed by atoms with Crippen molar-refractivity contribution in [2.24, 2.45) is 5.73 Å². The average molecular weight is 269 g/mol. The SMILES string of the molecule is COCC(N)Cc1nc(C2(OC)CCCCC2)no1. The summed E-state index contributed by atoms with van der Waals surface area (Å²) in [5.41, 5.74) is 5.52. The van der Waals surface area contributed by atoms with Crippen LogP contribution in [0.2, 0.25) is 0 Å². The smallest absolute Gasteiger partial charge is 0.228 e. The van der Waals surface area contributed by atoms with Crippen molar-refractivity contribution in [2.75, 3.05) is 20.8 Å². The number of hydrogen-bond donors (Lipinski definition) is 1. The maximum Gasteiger partial charge on any atom is 0.228 e. The summed E-state index contributed by atoms with van der Waals surface area (Å²) in [5.74, 6) is 1.22. The van der Waals surface area contributed by atoms with Crippen molar-refractivity contribution in [1.29, 1.82) is 0 Å². The first-order chi connectivity index (χ1) is 9.20. The molecule has 1 aromatic heterocycles. The molecule has 0 aromatic carbocycles. The van der Waals surface area contributed by atoms with Gasteiger partial charge in [-0.15, -0.1) is 0 Å². The third-order valence-electron chi connectivity index (χ3n) is 3.75. The molecule has 1 aliphatic carbocycles. The molecule has 0 radical (unpaired) electrons. The first-order valence-electron chi connectivity index (χ1n) is 6.83. The summed E-state index contributed by atoms with van der Waals surface area (Å²) in [6.45, 7) is 0.479. The van der Waals surface area contributed by atoms with E-state index in [2.05, 4.69) is 10.1 Å². The number of ether oxygens (including phenoxy) is 2. The molecule has 1 atom stereocenters. The summed E-state index contributed by atoms with van der Waals surface area (Å²) >= 11 is 0. The predicted molar refractivity (Wildman–Crippen MR) is 69.6 cm³/mol. The van der Waals surface area contributed by atoms with E-state index in [1.54, 1.807) is 14.2 Å². The molecule has 1 heterocycles. The molecule has 0 aliphatic heterocycles. The largest absolute Gasteiger partial charge is 0.383 e. The lowest BCUT2D eigenvalue weighted by molar-refractivity contribution is -0.0527. The molecule has 2 rings (SSSR count). The summed E-state index contributed by atoms with van der Waals surface area (Å²) in [4.78, 5) is 4.46. The van der Waals surface area contributed by atoms with Gasteiger partial charge in [-0.2, -0.15) is 4.98 Å². The zero-order chi connectivity index (χ0) is 13.7. The Balaban J connectivity index is 2.06. The molecule has 108 valence electrons. The fourth-order valence-corrected chi connectivity index (χ4v) is 2.66. The Kier molecular flexibility index (Phi) is 4.90. The van der Waals surface area contributed by atoms with Crippen molar-refractivity contribution in [1.82, 2.24) is 10.1 Å². The van der Waals surface area contributed by atoms with Crippen LogP contribution < -0.4 is 5.73 Å². The van der Waals surface area contributed by atoms with Crippen LogP contribution >= 0.6 is 0 Å². The Morgan fingerprint density at radius 1 is 1.32 bits per heavy atom. The third-order valence-corrected chi connectivity index (χ3v) is 3.75. The molecule has 6 heteroatoms. The molecular formula is C13H23N3O3. The number of aromatic nitrogens is 2. The quantitative estimate of drug-likeness (QED) is 0.840. The molecule has 0 amide bonds. The van der Waals surface area contributed by atoms with Crippen molar-refractivity contribution in [3.05, 3.63) is 11.7 Å². The Morgan fingerprint density at radius 3 is 2.68 bits per heavy atom. The van der Waals surface area contributed by atoms with Crippen LogP contribution in [0.4, 0.5) is 0 Å². The Hall–Kier alpha value is -0.980. The normalized spacial score (nSPS) is 20.4. The van der Waals surface area contributed by atoms with E-state index in [0.29, 0.717) is 24.7 Å². The van der Waals surface area contributed by atoms with Gasteiger partial charge in [0.1, 0.15) is 5.60 Å². The van der Waals surface area contributed by atoms with Crippen molar-refractivity contribution < 1.29 is 14.0 Å². The summed E-state index contributed by atoms with van der Waals surface area (Å²) in [5, 5.41) is 4.09. The van der Waals surface area contributed by atoms with Crippen molar-refractivity contribution in [3.63, 3.8) is 0 Å². The molecular weight excluding hydrogens is 246 g/mol. The second kappa shape index (κ2) is 6.45. The fourth-order valence-electron chi connectivity index (χ4n) is 2.66. The van der Waals surface area contributed by atoms with Gasteiger partial charge in [-0.25, -0.2) is 0 Å². The molecule has 0 bridgehead atoms. The third kappa shape index (κ3) is 3.32. The van der Waals surface area contributed by atoms with E-state index < -0.39 is 0 Å². The van der Waals surface area contributed by atoms with E-state index in [-0.39, 0.29) is 11.6 Å². The van der Waals surface area contributed by atoms with Gasteiger partial charge in [0.05, 0.1) is 6.61 Å². The van der Waals surface area contributed by atoms with Gasteiger partial charge < -0.3 is 19.7 Å². The first kappa shape index (κ1) is 14.4. The summed E-state index contributed by atoms with van der Waals surface area (Å²) in [6, 6.07) is -0.122. The lowest BCUT2D eigenvalue weighted by Gasteiger charge is -2.32. The molecule has 1 fully saturated rings. The number of nitrogens with zero attached hydrogens (tertiary/aromatic N) is 2. The number of nitrogens with two attached hydrogens (primary N) is 1. The average Bonchev–Trinajstić information content (AvgIpc) is 2.89. The van der Waals surface area contributed by atoms with Crippen LogP contribution in [-0.4, -0.2) is 37.0 Å². The van der Waals surface area contributed by atoms with Crippen LogP contribution in [0.25, 0.3) is 0 Å². The van der Waals surface area contributed by atoms with Gasteiger partial charge in [-0.1, -0.05) is 24.4 Å². The minimum atomic E-state index is -0.370. The van der Waals surface area contributed by atoms with Crippen molar-refractivity contribution in [2.45, 2.75) is 50.2 Å². The second-order valence-corrected chi connectivity index (χ2v) is 5.19. The number of hydrogen-bond acceptors (Lipinski definition) is 6. The molecule has 0 saturated heterocycles. The highest BCUT2D eigenvalue weighted by Gasteiger charge is 2.38. The van der Waals surface area contributed by atoms with Gasteiger partial charge in [0.15, 0.2) is 0 Å². The standard InChI is InChI=1S/C13H23N3O3/c1-17-9-10(14)8-11-15-12(16-19-11)13(18-2)6-4-3-5-7-13/h10H,3-9,14H2,1-2H3. The molecule has 1 aliphatic rings. The Labute approximate surface area is 113 Å². The molecule has 19 heavy (non-hydrogen) atoms. The van der Waals surface area contributed by atoms with E-state index in [0.717, 1.165) is 25.7 Å². The lowest BCUT2D eigenvalue weighted by Crippen LogP contribution is -2.32. The van der Waals surface area contributed by atoms with Crippen molar-refractivity contribution in [3.8, 4) is 0 Å². The van der Waals surface area contributed by atoms with E-state index in [1.807, 2.05) is 0 Å². The molecule has 2 N–H and O–H groups in total. The maximum atomic E-state index is 5.89. The molecule has 1 saturated carbocycles. The van der Waals surface area contributed by atoms with Gasteiger partial charge in [0, 0.05) is 26.7 Å². The summed E-state index contributed by atoms with van der Waals surface area (Å²) in [6.07, 6.45) is 5.95. The van der Waals surface area contributed by atoms with Crippen LogP contribution in [0, 0.1) is 0 Å². The monoisotopic (exact) mass is 269 g/mol. The molecule has 0 spiro atoms. The highest BCUT2D eigenvalue weighted by Crippen LogP contribution is 2.38. The zero-order valence-corrected chi connectivity index (χ0v) is 11.7. The second-order valence-electron chi connectivity index (χ2n) is 5.19.